The second-order valence-electron chi connectivity index (χ2n) is 8.76. The summed E-state index contributed by atoms with van der Waals surface area (Å²) < 4.78 is 27.8. The minimum atomic E-state index is -3.70. The molecule has 0 radical (unpaired) electrons. The Morgan fingerprint density at radius 2 is 1.73 bits per heavy atom. The van der Waals surface area contributed by atoms with Crippen molar-refractivity contribution in [1.29, 1.82) is 0 Å². The lowest BCUT2D eigenvalue weighted by Crippen LogP contribution is -2.50. The van der Waals surface area contributed by atoms with Gasteiger partial charge in [-0.25, -0.2) is 8.42 Å². The van der Waals surface area contributed by atoms with Gasteiger partial charge in [0.1, 0.15) is 0 Å². The number of nitrogens with one attached hydrogen (secondary N) is 2. The first-order valence-electron chi connectivity index (χ1n) is 11.2. The van der Waals surface area contributed by atoms with E-state index in [9.17, 15) is 18.0 Å². The largest absolute Gasteiger partial charge is 0.350 e. The zero-order valence-corrected chi connectivity index (χ0v) is 19.4. The first-order valence-corrected chi connectivity index (χ1v) is 12.6. The van der Waals surface area contributed by atoms with Gasteiger partial charge < -0.3 is 10.6 Å². The number of carbonyl (C=O) groups excluding carboxylic acids is 2. The normalized spacial score (nSPS) is 25.1. The highest BCUT2D eigenvalue weighted by molar-refractivity contribution is 7.89. The van der Waals surface area contributed by atoms with Gasteiger partial charge in [0.05, 0.1) is 4.90 Å². The highest BCUT2D eigenvalue weighted by atomic mass is 32.2. The summed E-state index contributed by atoms with van der Waals surface area (Å²) in [6, 6.07) is 15.9. The Kier molecular flexibility index (Phi) is 6.67. The van der Waals surface area contributed by atoms with Gasteiger partial charge in [0.25, 0.3) is 5.91 Å². The zero-order valence-electron chi connectivity index (χ0n) is 18.6. The molecule has 2 aromatic rings. The van der Waals surface area contributed by atoms with Crippen LogP contribution in [0.2, 0.25) is 0 Å². The number of rotatable bonds is 7. The van der Waals surface area contributed by atoms with Gasteiger partial charge in [-0.2, -0.15) is 4.31 Å². The molecule has 8 heteroatoms. The first kappa shape index (κ1) is 23.2. The molecule has 33 heavy (non-hydrogen) atoms. The third-order valence-electron chi connectivity index (χ3n) is 6.40. The Morgan fingerprint density at radius 3 is 2.36 bits per heavy atom. The van der Waals surface area contributed by atoms with Gasteiger partial charge in [0.15, 0.2) is 0 Å². The van der Waals surface area contributed by atoms with Crippen LogP contribution in [0.25, 0.3) is 0 Å². The Bertz CT molecular complexity index is 1130. The van der Waals surface area contributed by atoms with Crippen LogP contribution >= 0.6 is 0 Å². The number of nitrogens with zero attached hydrogens (tertiary/aromatic N) is 1. The molecule has 0 aromatic heterocycles. The predicted octanol–water partition coefficient (Wildman–Crippen LogP) is 2.82. The fourth-order valence-electron chi connectivity index (χ4n) is 4.49. The molecular weight excluding hydrogens is 438 g/mol. The average Bonchev–Trinajstić information content (AvgIpc) is 3.58. The lowest BCUT2D eigenvalue weighted by molar-refractivity contribution is -0.117. The minimum absolute atomic E-state index is 0.0786. The topological polar surface area (TPSA) is 95.6 Å². The molecular formula is C25H29N3O4S. The van der Waals surface area contributed by atoms with Crippen LogP contribution in [0.5, 0.6) is 0 Å². The molecule has 2 fully saturated rings. The molecule has 0 spiro atoms. The SMILES string of the molecule is C=CC(=O)NC1CCN(S(=O)(=O)c2ccc(C(=O)N[C@@H]3CC3c3ccccc3)cc2)C(C)C1. The minimum Gasteiger partial charge on any atom is -0.350 e. The van der Waals surface area contributed by atoms with E-state index in [2.05, 4.69) is 29.3 Å². The molecule has 4 rings (SSSR count). The van der Waals surface area contributed by atoms with Crippen LogP contribution in [-0.2, 0) is 14.8 Å². The highest BCUT2D eigenvalue weighted by Gasteiger charge is 2.39. The Labute approximate surface area is 194 Å². The number of piperidine rings is 1. The van der Waals surface area contributed by atoms with E-state index in [0.717, 1.165) is 6.42 Å². The molecule has 7 nitrogen and oxygen atoms in total. The van der Waals surface area contributed by atoms with Crippen LogP contribution in [-0.4, -0.2) is 49.2 Å². The molecule has 4 atom stereocenters. The molecule has 1 aliphatic heterocycles. The third kappa shape index (κ3) is 5.17. The Balaban J connectivity index is 1.37. The van der Waals surface area contributed by atoms with Crippen LogP contribution in [0, 0.1) is 0 Å². The summed E-state index contributed by atoms with van der Waals surface area (Å²) >= 11 is 0. The summed E-state index contributed by atoms with van der Waals surface area (Å²) in [7, 11) is -3.70. The van der Waals surface area contributed by atoms with E-state index in [1.165, 1.54) is 28.1 Å². The van der Waals surface area contributed by atoms with Gasteiger partial charge in [0, 0.05) is 36.2 Å². The number of sulfonamides is 1. The van der Waals surface area contributed by atoms with E-state index in [-0.39, 0.29) is 34.8 Å². The maximum Gasteiger partial charge on any atom is 0.251 e. The standard InChI is InChI=1S/C25H29N3O4S/c1-3-24(29)26-20-13-14-28(17(2)15-20)33(31,32)21-11-9-19(10-12-21)25(30)27-23-16-22(23)18-7-5-4-6-8-18/h3-12,17,20,22-23H,1,13-16H2,2H3,(H,26,29)(H,27,30)/t17?,20?,22?,23-/m1/s1. The van der Waals surface area contributed by atoms with Crippen LogP contribution in [0.4, 0.5) is 0 Å². The Hall–Kier alpha value is -2.97. The van der Waals surface area contributed by atoms with E-state index in [1.807, 2.05) is 25.1 Å². The fraction of sp³-hybridized carbons (Fsp3) is 0.360. The summed E-state index contributed by atoms with van der Waals surface area (Å²) in [5, 5.41) is 5.87. The van der Waals surface area contributed by atoms with Crippen molar-refractivity contribution in [3.63, 3.8) is 0 Å². The first-order chi connectivity index (χ1) is 15.8. The summed E-state index contributed by atoms with van der Waals surface area (Å²) in [6.45, 7) is 5.60. The van der Waals surface area contributed by atoms with Crippen molar-refractivity contribution in [3.8, 4) is 0 Å². The highest BCUT2D eigenvalue weighted by Crippen LogP contribution is 2.40. The number of benzene rings is 2. The predicted molar refractivity (Wildman–Crippen MR) is 126 cm³/mol. The quantitative estimate of drug-likeness (QED) is 0.612. The van der Waals surface area contributed by atoms with Crippen molar-refractivity contribution in [3.05, 3.63) is 78.4 Å². The number of amides is 2. The molecule has 2 aliphatic rings. The van der Waals surface area contributed by atoms with E-state index >= 15 is 0 Å². The number of carbonyl (C=O) groups is 2. The van der Waals surface area contributed by atoms with Crippen LogP contribution in [0.15, 0.2) is 72.1 Å². The maximum atomic E-state index is 13.2. The fourth-order valence-corrected chi connectivity index (χ4v) is 6.14. The summed E-state index contributed by atoms with van der Waals surface area (Å²) in [5.41, 5.74) is 1.65. The second-order valence-corrected chi connectivity index (χ2v) is 10.6. The molecule has 2 aromatic carbocycles. The van der Waals surface area contributed by atoms with Gasteiger partial charge >= 0.3 is 0 Å². The van der Waals surface area contributed by atoms with Crippen molar-refractivity contribution >= 4 is 21.8 Å². The molecule has 1 heterocycles. The summed E-state index contributed by atoms with van der Waals surface area (Å²) in [5.74, 6) is -0.122. The van der Waals surface area contributed by atoms with Crippen molar-refractivity contribution in [1.82, 2.24) is 14.9 Å². The molecule has 174 valence electrons. The van der Waals surface area contributed by atoms with E-state index in [0.29, 0.717) is 30.9 Å². The van der Waals surface area contributed by atoms with E-state index in [1.54, 1.807) is 12.1 Å². The van der Waals surface area contributed by atoms with Gasteiger partial charge in [-0.15, -0.1) is 0 Å². The third-order valence-corrected chi connectivity index (χ3v) is 8.43. The van der Waals surface area contributed by atoms with Gasteiger partial charge in [-0.3, -0.25) is 9.59 Å². The number of hydrogen-bond acceptors (Lipinski definition) is 4. The molecule has 1 saturated carbocycles. The molecule has 1 aliphatic carbocycles. The van der Waals surface area contributed by atoms with Gasteiger partial charge in [-0.05, 0) is 62.1 Å². The molecule has 0 bridgehead atoms. The van der Waals surface area contributed by atoms with Crippen LogP contribution < -0.4 is 10.6 Å². The molecule has 2 N–H and O–H groups in total. The lowest BCUT2D eigenvalue weighted by atomic mass is 10.0. The van der Waals surface area contributed by atoms with E-state index < -0.39 is 10.0 Å². The Morgan fingerprint density at radius 1 is 1.03 bits per heavy atom. The summed E-state index contributed by atoms with van der Waals surface area (Å²) in [6.07, 6.45) is 3.19. The molecule has 1 saturated heterocycles. The summed E-state index contributed by atoms with van der Waals surface area (Å²) in [4.78, 5) is 24.3. The smallest absolute Gasteiger partial charge is 0.251 e. The van der Waals surface area contributed by atoms with Crippen molar-refractivity contribution in [2.75, 3.05) is 6.54 Å². The number of hydrogen-bond donors (Lipinski definition) is 2. The lowest BCUT2D eigenvalue weighted by Gasteiger charge is -2.36. The molecule has 3 unspecified atom stereocenters. The van der Waals surface area contributed by atoms with Gasteiger partial charge in [0.2, 0.25) is 15.9 Å². The zero-order chi connectivity index (χ0) is 23.6. The van der Waals surface area contributed by atoms with Crippen molar-refractivity contribution in [2.45, 2.75) is 55.1 Å². The second kappa shape index (κ2) is 9.49. The monoisotopic (exact) mass is 467 g/mol. The van der Waals surface area contributed by atoms with Crippen LogP contribution in [0.3, 0.4) is 0 Å². The maximum absolute atomic E-state index is 13.2. The average molecular weight is 468 g/mol. The van der Waals surface area contributed by atoms with E-state index in [4.69, 9.17) is 0 Å². The van der Waals surface area contributed by atoms with Crippen molar-refractivity contribution in [2.24, 2.45) is 0 Å². The molecule has 2 amide bonds. The van der Waals surface area contributed by atoms with Gasteiger partial charge in [-0.1, -0.05) is 36.9 Å². The van der Waals surface area contributed by atoms with Crippen LogP contribution in [0.1, 0.15) is 48.0 Å². The van der Waals surface area contributed by atoms with Crippen molar-refractivity contribution < 1.29 is 18.0 Å².